The van der Waals surface area contributed by atoms with Crippen molar-refractivity contribution in [3.05, 3.63) is 119 Å². The van der Waals surface area contributed by atoms with E-state index in [2.05, 4.69) is 15.6 Å². The van der Waals surface area contributed by atoms with Crippen molar-refractivity contribution in [1.82, 2.24) is 10.3 Å². The number of ether oxygens (including phenoxy) is 2. The van der Waals surface area contributed by atoms with E-state index in [0.29, 0.717) is 28.1 Å². The first-order valence-corrected chi connectivity index (χ1v) is 14.5. The fourth-order valence-corrected chi connectivity index (χ4v) is 4.61. The number of hydrogen-bond donors (Lipinski definition) is 4. The zero-order valence-electron chi connectivity index (χ0n) is 25.9. The topological polar surface area (TPSA) is 174 Å². The van der Waals surface area contributed by atoms with Gasteiger partial charge in [0.15, 0.2) is 0 Å². The number of nitrogens with zero attached hydrogens (tertiary/aromatic N) is 1. The van der Waals surface area contributed by atoms with Crippen molar-refractivity contribution in [2.45, 2.75) is 33.4 Å². The second-order valence-electron chi connectivity index (χ2n) is 10.8. The number of nitrogens with one attached hydrogen (secondary N) is 3. The summed E-state index contributed by atoms with van der Waals surface area (Å²) < 4.78 is 10.5. The maximum atomic E-state index is 13.6. The summed E-state index contributed by atoms with van der Waals surface area (Å²) in [6.45, 7) is 5.25. The highest BCUT2D eigenvalue weighted by atomic mass is 16.5. The Bertz CT molecular complexity index is 1770. The van der Waals surface area contributed by atoms with Crippen LogP contribution in [0.3, 0.4) is 0 Å². The van der Waals surface area contributed by atoms with Crippen LogP contribution in [0.15, 0.2) is 84.9 Å². The van der Waals surface area contributed by atoms with E-state index in [4.69, 9.17) is 20.6 Å². The van der Waals surface area contributed by atoms with Gasteiger partial charge < -0.3 is 25.8 Å². The minimum atomic E-state index is -0.910. The number of aromatic nitrogens is 1. The lowest BCUT2D eigenvalue weighted by atomic mass is 9.95. The van der Waals surface area contributed by atoms with Crippen molar-refractivity contribution < 1.29 is 28.7 Å². The van der Waals surface area contributed by atoms with Crippen molar-refractivity contribution >= 4 is 35.3 Å². The summed E-state index contributed by atoms with van der Waals surface area (Å²) >= 11 is 0. The average Bonchev–Trinajstić information content (AvgIpc) is 3.05. The number of amidine groups is 1. The van der Waals surface area contributed by atoms with E-state index in [1.165, 1.54) is 19.2 Å². The molecule has 0 saturated carbocycles. The highest BCUT2D eigenvalue weighted by Crippen LogP contribution is 2.30. The van der Waals surface area contributed by atoms with E-state index in [1.807, 2.05) is 30.3 Å². The molecule has 0 bridgehead atoms. The van der Waals surface area contributed by atoms with Crippen molar-refractivity contribution in [2.24, 2.45) is 11.7 Å². The molecule has 0 spiro atoms. The Hall–Kier alpha value is -5.84. The average molecular weight is 622 g/mol. The molecule has 0 aliphatic carbocycles. The van der Waals surface area contributed by atoms with E-state index in [9.17, 15) is 19.2 Å². The van der Waals surface area contributed by atoms with Crippen LogP contribution in [-0.2, 0) is 20.9 Å². The molecule has 0 unspecified atom stereocenters. The Morgan fingerprint density at radius 2 is 1.52 bits per heavy atom. The first kappa shape index (κ1) is 33.1. The van der Waals surface area contributed by atoms with E-state index in [-0.39, 0.29) is 35.2 Å². The number of nitrogen functional groups attached to an aromatic ring is 1. The van der Waals surface area contributed by atoms with Crippen LogP contribution in [0.1, 0.15) is 61.9 Å². The number of carbonyl (C=O) groups is 4. The summed E-state index contributed by atoms with van der Waals surface area (Å²) in [5.74, 6) is -2.83. The highest BCUT2D eigenvalue weighted by Gasteiger charge is 2.27. The summed E-state index contributed by atoms with van der Waals surface area (Å²) in [6.07, 6.45) is 0. The molecule has 1 aromatic heterocycles. The number of benzene rings is 3. The Labute approximate surface area is 266 Å². The number of pyridine rings is 1. The van der Waals surface area contributed by atoms with Crippen LogP contribution >= 0.6 is 0 Å². The van der Waals surface area contributed by atoms with E-state index >= 15 is 0 Å². The zero-order chi connectivity index (χ0) is 33.4. The van der Waals surface area contributed by atoms with Crippen LogP contribution in [0.25, 0.3) is 11.1 Å². The lowest BCUT2D eigenvalue weighted by Crippen LogP contribution is -2.45. The van der Waals surface area contributed by atoms with Crippen molar-refractivity contribution in [3.63, 3.8) is 0 Å². The number of nitrogens with two attached hydrogens (primary N) is 1. The minimum absolute atomic E-state index is 0.0215. The van der Waals surface area contributed by atoms with Crippen LogP contribution in [-0.4, -0.2) is 47.7 Å². The summed E-state index contributed by atoms with van der Waals surface area (Å²) in [5, 5.41) is 13.1. The lowest BCUT2D eigenvalue weighted by Gasteiger charge is -2.20. The third-order valence-corrected chi connectivity index (χ3v) is 7.12. The van der Waals surface area contributed by atoms with Crippen LogP contribution in [0.5, 0.6) is 0 Å². The second-order valence-corrected chi connectivity index (χ2v) is 10.8. The van der Waals surface area contributed by atoms with Crippen LogP contribution in [0.2, 0.25) is 0 Å². The standard InChI is InChI=1S/C35H35N5O6/c1-20(2)29(35(44)45-4)40-32(41)24-13-17-26(28(18-24)34(43)46-19-22-8-6-5-7-9-22)27-16-10-21(3)38-30(27)33(42)39-25-14-11-23(12-15-25)31(36)37/h5-18,20,29H,19H2,1-4H3,(H3,36,37)(H,39,42)(H,40,41)/t29-/m0/s1. The molecule has 1 heterocycles. The number of anilines is 1. The third-order valence-electron chi connectivity index (χ3n) is 7.12. The largest absolute Gasteiger partial charge is 0.467 e. The van der Waals surface area contributed by atoms with Gasteiger partial charge in [0.2, 0.25) is 0 Å². The number of esters is 2. The van der Waals surface area contributed by atoms with Gasteiger partial charge in [-0.2, -0.15) is 0 Å². The maximum Gasteiger partial charge on any atom is 0.339 e. The van der Waals surface area contributed by atoms with Gasteiger partial charge >= 0.3 is 11.9 Å². The summed E-state index contributed by atoms with van der Waals surface area (Å²) in [6, 6.07) is 22.4. The number of hydrogen-bond acceptors (Lipinski definition) is 8. The molecule has 11 nitrogen and oxygen atoms in total. The molecule has 11 heteroatoms. The molecule has 0 fully saturated rings. The van der Waals surface area contributed by atoms with Crippen molar-refractivity contribution in [1.29, 1.82) is 5.41 Å². The summed E-state index contributed by atoms with van der Waals surface area (Å²) in [7, 11) is 1.24. The molecule has 5 N–H and O–H groups in total. The predicted octanol–water partition coefficient (Wildman–Crippen LogP) is 4.88. The first-order chi connectivity index (χ1) is 22.0. The monoisotopic (exact) mass is 621 g/mol. The van der Waals surface area contributed by atoms with Gasteiger partial charge in [-0.05, 0) is 66.4 Å². The van der Waals surface area contributed by atoms with Crippen LogP contribution in [0, 0.1) is 18.3 Å². The van der Waals surface area contributed by atoms with Gasteiger partial charge in [0, 0.05) is 28.1 Å². The predicted molar refractivity (Wildman–Crippen MR) is 173 cm³/mol. The number of carbonyl (C=O) groups excluding carboxylic acids is 4. The van der Waals surface area contributed by atoms with E-state index in [0.717, 1.165) is 5.56 Å². The molecule has 0 aliphatic heterocycles. The van der Waals surface area contributed by atoms with Gasteiger partial charge in [-0.1, -0.05) is 56.3 Å². The maximum absolute atomic E-state index is 13.6. The number of amides is 2. The molecule has 2 amide bonds. The molecule has 4 aromatic rings. The summed E-state index contributed by atoms with van der Waals surface area (Å²) in [4.78, 5) is 57.3. The van der Waals surface area contributed by atoms with E-state index in [1.54, 1.807) is 63.2 Å². The number of rotatable bonds is 11. The van der Waals surface area contributed by atoms with Gasteiger partial charge in [-0.3, -0.25) is 15.0 Å². The van der Waals surface area contributed by atoms with Crippen LogP contribution in [0.4, 0.5) is 5.69 Å². The van der Waals surface area contributed by atoms with Gasteiger partial charge in [0.25, 0.3) is 11.8 Å². The number of aryl methyl sites for hydroxylation is 1. The van der Waals surface area contributed by atoms with Gasteiger partial charge in [0.1, 0.15) is 24.2 Å². The highest BCUT2D eigenvalue weighted by molar-refractivity contribution is 6.10. The zero-order valence-corrected chi connectivity index (χ0v) is 25.9. The first-order valence-electron chi connectivity index (χ1n) is 14.5. The van der Waals surface area contributed by atoms with Gasteiger partial charge in [-0.25, -0.2) is 14.6 Å². The molecule has 0 aliphatic rings. The molecule has 0 saturated heterocycles. The fraction of sp³-hybridized carbons (Fsp3) is 0.200. The van der Waals surface area contributed by atoms with Crippen molar-refractivity contribution in [2.75, 3.05) is 12.4 Å². The number of methoxy groups -OCH3 is 1. The molecule has 0 radical (unpaired) electrons. The lowest BCUT2D eigenvalue weighted by molar-refractivity contribution is -0.144. The Kier molecular flexibility index (Phi) is 10.6. The SMILES string of the molecule is COC(=O)[C@@H](NC(=O)c1ccc(-c2ccc(C)nc2C(=O)Nc2ccc(C(=N)N)cc2)c(C(=O)OCc2ccccc2)c1)C(C)C. The van der Waals surface area contributed by atoms with Gasteiger partial charge in [-0.15, -0.1) is 0 Å². The second kappa shape index (κ2) is 14.8. The molecule has 4 rings (SSSR count). The van der Waals surface area contributed by atoms with Crippen LogP contribution < -0.4 is 16.4 Å². The summed E-state index contributed by atoms with van der Waals surface area (Å²) in [5.41, 5.74) is 8.61. The molecule has 3 aromatic carbocycles. The molecular formula is C35H35N5O6. The van der Waals surface area contributed by atoms with Gasteiger partial charge in [0.05, 0.1) is 12.7 Å². The normalized spacial score (nSPS) is 11.3. The Morgan fingerprint density at radius 1 is 0.870 bits per heavy atom. The molecule has 1 atom stereocenters. The minimum Gasteiger partial charge on any atom is -0.467 e. The third kappa shape index (κ3) is 8.00. The quantitative estimate of drug-likeness (QED) is 0.104. The van der Waals surface area contributed by atoms with Crippen molar-refractivity contribution in [3.8, 4) is 11.1 Å². The Balaban J connectivity index is 1.74. The molecule has 236 valence electrons. The Morgan fingerprint density at radius 3 is 2.15 bits per heavy atom. The fourth-order valence-electron chi connectivity index (χ4n) is 4.61. The molecule has 46 heavy (non-hydrogen) atoms. The smallest absolute Gasteiger partial charge is 0.339 e. The molecular weight excluding hydrogens is 586 g/mol. The van der Waals surface area contributed by atoms with E-state index < -0.39 is 29.8 Å².